The minimum Gasteiger partial charge on any atom is -0.349 e. The molecule has 4 nitrogen and oxygen atoms in total. The van der Waals surface area contributed by atoms with Crippen LogP contribution in [0.5, 0.6) is 0 Å². The Balaban J connectivity index is 1.98. The Labute approximate surface area is 142 Å². The lowest BCUT2D eigenvalue weighted by molar-refractivity contribution is -0.121. The highest BCUT2D eigenvalue weighted by Crippen LogP contribution is 2.23. The van der Waals surface area contributed by atoms with Crippen LogP contribution in [0.1, 0.15) is 49.6 Å². The molecule has 1 N–H and O–H groups in total. The third-order valence-corrected chi connectivity index (χ3v) is 4.08. The van der Waals surface area contributed by atoms with Crippen LogP contribution in [-0.4, -0.2) is 11.1 Å². The maximum absolute atomic E-state index is 12.3. The van der Waals surface area contributed by atoms with Gasteiger partial charge in [-0.3, -0.25) is 4.79 Å². The van der Waals surface area contributed by atoms with Gasteiger partial charge in [-0.2, -0.15) is 0 Å². The van der Waals surface area contributed by atoms with Crippen LogP contribution in [0.25, 0.3) is 0 Å². The van der Waals surface area contributed by atoms with E-state index in [0.717, 1.165) is 23.2 Å². The summed E-state index contributed by atoms with van der Waals surface area (Å²) in [7, 11) is 0. The van der Waals surface area contributed by atoms with E-state index in [2.05, 4.69) is 24.3 Å². The van der Waals surface area contributed by atoms with Gasteiger partial charge in [0.25, 0.3) is 0 Å². The van der Waals surface area contributed by atoms with Gasteiger partial charge in [-0.25, -0.2) is 0 Å². The summed E-state index contributed by atoms with van der Waals surface area (Å²) < 4.78 is 4.91. The fourth-order valence-corrected chi connectivity index (χ4v) is 2.85. The smallest absolute Gasteiger partial charge is 0.229 e. The Kier molecular flexibility index (Phi) is 6.22. The molecule has 0 aliphatic heterocycles. The Morgan fingerprint density at radius 1 is 1.30 bits per heavy atom. The Hall–Kier alpha value is -1.81. The summed E-state index contributed by atoms with van der Waals surface area (Å²) in [5, 5.41) is 7.21. The first-order valence-electron chi connectivity index (χ1n) is 7.92. The maximum atomic E-state index is 12.3. The zero-order valence-corrected chi connectivity index (χ0v) is 14.6. The highest BCUT2D eigenvalue weighted by atomic mass is 35.5. The molecule has 1 aromatic heterocycles. The molecular weight excluding hydrogens is 312 g/mol. The second-order valence-corrected chi connectivity index (χ2v) is 6.52. The lowest BCUT2D eigenvalue weighted by Gasteiger charge is -2.21. The Morgan fingerprint density at radius 2 is 2.00 bits per heavy atom. The van der Waals surface area contributed by atoms with Crippen molar-refractivity contribution in [3.05, 3.63) is 52.4 Å². The molecular formula is C18H23ClN2O2. The lowest BCUT2D eigenvalue weighted by Crippen LogP contribution is -2.29. The molecule has 1 atom stereocenters. The van der Waals surface area contributed by atoms with Crippen molar-refractivity contribution in [2.24, 2.45) is 5.92 Å². The van der Waals surface area contributed by atoms with Gasteiger partial charge in [0.05, 0.1) is 11.7 Å². The Bertz CT molecular complexity index is 618. The van der Waals surface area contributed by atoms with Crippen LogP contribution < -0.4 is 5.32 Å². The largest absolute Gasteiger partial charge is 0.349 e. The number of hydrogen-bond acceptors (Lipinski definition) is 3. The first-order chi connectivity index (χ1) is 11.0. The summed E-state index contributed by atoms with van der Waals surface area (Å²) in [6, 6.07) is 10.1. The Morgan fingerprint density at radius 3 is 2.57 bits per heavy atom. The summed E-state index contributed by atoms with van der Waals surface area (Å²) in [6.07, 6.45) is 1.80. The molecule has 2 rings (SSSR count). The first kappa shape index (κ1) is 17.5. The van der Waals surface area contributed by atoms with Crippen molar-refractivity contribution in [1.82, 2.24) is 10.5 Å². The lowest BCUT2D eigenvalue weighted by atomic mass is 9.96. The fraction of sp³-hybridized carbons (Fsp3) is 0.444. The van der Waals surface area contributed by atoms with E-state index in [-0.39, 0.29) is 17.2 Å². The highest BCUT2D eigenvalue weighted by Gasteiger charge is 2.17. The molecule has 1 amide bonds. The van der Waals surface area contributed by atoms with Crippen LogP contribution in [0.2, 0.25) is 5.22 Å². The molecule has 0 fully saturated rings. The van der Waals surface area contributed by atoms with E-state index < -0.39 is 0 Å². The molecule has 124 valence electrons. The number of carbonyl (C=O) groups is 1. The molecule has 1 aromatic carbocycles. The van der Waals surface area contributed by atoms with Crippen molar-refractivity contribution in [2.45, 2.75) is 46.1 Å². The molecule has 1 heterocycles. The highest BCUT2D eigenvalue weighted by molar-refractivity contribution is 6.29. The normalized spacial score (nSPS) is 12.4. The third-order valence-electron chi connectivity index (χ3n) is 3.78. The maximum Gasteiger partial charge on any atom is 0.229 e. The van der Waals surface area contributed by atoms with Gasteiger partial charge in [0, 0.05) is 12.0 Å². The average Bonchev–Trinajstić information content (AvgIpc) is 2.84. The summed E-state index contributed by atoms with van der Waals surface area (Å²) in [6.45, 7) is 6.14. The minimum absolute atomic E-state index is 0.0103. The molecule has 0 saturated carbocycles. The zero-order valence-electron chi connectivity index (χ0n) is 13.8. The molecule has 0 radical (unpaired) electrons. The van der Waals surface area contributed by atoms with E-state index in [0.29, 0.717) is 18.8 Å². The van der Waals surface area contributed by atoms with Crippen LogP contribution in [0.3, 0.4) is 0 Å². The molecule has 23 heavy (non-hydrogen) atoms. The van der Waals surface area contributed by atoms with E-state index >= 15 is 0 Å². The van der Waals surface area contributed by atoms with Crippen molar-refractivity contribution in [1.29, 1.82) is 0 Å². The number of rotatable bonds is 7. The molecule has 0 saturated heterocycles. The number of nitrogens with zero attached hydrogens (tertiary/aromatic N) is 1. The average molecular weight is 335 g/mol. The van der Waals surface area contributed by atoms with Gasteiger partial charge >= 0.3 is 0 Å². The van der Waals surface area contributed by atoms with Crippen LogP contribution in [0, 0.1) is 12.8 Å². The minimum atomic E-state index is 0.0103. The first-order valence-corrected chi connectivity index (χ1v) is 8.30. The van der Waals surface area contributed by atoms with Crippen LogP contribution in [-0.2, 0) is 11.2 Å². The second-order valence-electron chi connectivity index (χ2n) is 6.18. The topological polar surface area (TPSA) is 55.1 Å². The van der Waals surface area contributed by atoms with Crippen molar-refractivity contribution >= 4 is 17.5 Å². The number of aromatic nitrogens is 1. The molecule has 0 aliphatic rings. The van der Waals surface area contributed by atoms with Gasteiger partial charge in [0.1, 0.15) is 0 Å². The third kappa shape index (κ3) is 5.10. The van der Waals surface area contributed by atoms with Crippen LogP contribution in [0.15, 0.2) is 34.9 Å². The van der Waals surface area contributed by atoms with Gasteiger partial charge in [-0.1, -0.05) is 49.3 Å². The van der Waals surface area contributed by atoms with E-state index in [1.165, 1.54) is 0 Å². The van der Waals surface area contributed by atoms with Crippen molar-refractivity contribution < 1.29 is 9.32 Å². The summed E-state index contributed by atoms with van der Waals surface area (Å²) in [5.41, 5.74) is 2.68. The molecule has 0 unspecified atom stereocenters. The van der Waals surface area contributed by atoms with Gasteiger partial charge in [0.2, 0.25) is 11.1 Å². The molecule has 2 aromatic rings. The fourth-order valence-electron chi connectivity index (χ4n) is 2.58. The SMILES string of the molecule is Cc1noc(Cl)c1CCC(=O)N[C@H](CC(C)C)c1ccccc1. The van der Waals surface area contributed by atoms with E-state index in [1.807, 2.05) is 37.3 Å². The number of hydrogen-bond donors (Lipinski definition) is 1. The molecule has 0 spiro atoms. The van der Waals surface area contributed by atoms with Gasteiger partial charge < -0.3 is 9.84 Å². The summed E-state index contributed by atoms with van der Waals surface area (Å²) in [5.74, 6) is 0.506. The zero-order chi connectivity index (χ0) is 16.8. The predicted octanol–water partition coefficient (Wildman–Crippen LogP) is 4.47. The summed E-state index contributed by atoms with van der Waals surface area (Å²) in [4.78, 5) is 12.3. The van der Waals surface area contributed by atoms with Gasteiger partial charge in [-0.15, -0.1) is 0 Å². The van der Waals surface area contributed by atoms with E-state index in [9.17, 15) is 4.79 Å². The number of benzene rings is 1. The van der Waals surface area contributed by atoms with E-state index in [1.54, 1.807) is 0 Å². The monoisotopic (exact) mass is 334 g/mol. The van der Waals surface area contributed by atoms with Gasteiger partial charge in [0.15, 0.2) is 0 Å². The molecule has 0 bridgehead atoms. The number of halogens is 1. The number of amides is 1. The van der Waals surface area contributed by atoms with Crippen molar-refractivity contribution in [3.63, 3.8) is 0 Å². The molecule has 5 heteroatoms. The van der Waals surface area contributed by atoms with E-state index in [4.69, 9.17) is 16.1 Å². The van der Waals surface area contributed by atoms with Crippen molar-refractivity contribution in [3.8, 4) is 0 Å². The van der Waals surface area contributed by atoms with Crippen LogP contribution >= 0.6 is 11.6 Å². The van der Waals surface area contributed by atoms with Crippen molar-refractivity contribution in [2.75, 3.05) is 0 Å². The van der Waals surface area contributed by atoms with Crippen LogP contribution in [0.4, 0.5) is 0 Å². The number of nitrogens with one attached hydrogen (secondary N) is 1. The second kappa shape index (κ2) is 8.16. The quantitative estimate of drug-likeness (QED) is 0.812. The standard InChI is InChI=1S/C18H23ClN2O2/c1-12(2)11-16(14-7-5-4-6-8-14)20-17(22)10-9-15-13(3)21-23-18(15)19/h4-8,12,16H,9-11H2,1-3H3,(H,20,22)/t16-/m1/s1. The summed E-state index contributed by atoms with van der Waals surface area (Å²) >= 11 is 5.94. The predicted molar refractivity (Wildman–Crippen MR) is 91.4 cm³/mol. The van der Waals surface area contributed by atoms with Gasteiger partial charge in [-0.05, 0) is 42.8 Å². The number of aryl methyl sites for hydroxylation is 1. The number of carbonyl (C=O) groups excluding carboxylic acids is 1. The molecule has 0 aliphatic carbocycles.